The third-order valence-electron chi connectivity index (χ3n) is 5.02. The average Bonchev–Trinajstić information content (AvgIpc) is 2.73. The van der Waals surface area contributed by atoms with E-state index in [1.165, 1.54) is 0 Å². The summed E-state index contributed by atoms with van der Waals surface area (Å²) in [5.74, 6) is 1.62. The first-order valence-electron chi connectivity index (χ1n) is 9.69. The summed E-state index contributed by atoms with van der Waals surface area (Å²) in [7, 11) is 1.68. The SMILES string of the molecule is COc1ccc2c(ccc3nc4c(C)cnc(NCCCCCN)c4nc32)c1. The van der Waals surface area contributed by atoms with Crippen molar-refractivity contribution in [2.45, 2.75) is 26.2 Å². The minimum atomic E-state index is 0.737. The molecule has 0 unspecified atom stereocenters. The first-order valence-corrected chi connectivity index (χ1v) is 9.69. The van der Waals surface area contributed by atoms with E-state index in [1.54, 1.807) is 7.11 Å². The highest BCUT2D eigenvalue weighted by Gasteiger charge is 2.12. The number of hydrogen-bond donors (Lipinski definition) is 2. The molecule has 0 aliphatic rings. The maximum Gasteiger partial charge on any atom is 0.154 e. The number of pyridine rings is 1. The molecule has 6 heteroatoms. The number of aryl methyl sites for hydroxylation is 1. The molecule has 0 fully saturated rings. The molecule has 28 heavy (non-hydrogen) atoms. The summed E-state index contributed by atoms with van der Waals surface area (Å²) < 4.78 is 5.35. The molecule has 0 radical (unpaired) electrons. The minimum absolute atomic E-state index is 0.737. The number of benzene rings is 2. The molecule has 2 aromatic carbocycles. The number of anilines is 1. The van der Waals surface area contributed by atoms with Crippen LogP contribution in [0, 0.1) is 6.92 Å². The fourth-order valence-electron chi connectivity index (χ4n) is 3.46. The third-order valence-corrected chi connectivity index (χ3v) is 5.02. The molecule has 3 N–H and O–H groups in total. The van der Waals surface area contributed by atoms with E-state index in [4.69, 9.17) is 20.4 Å². The summed E-state index contributed by atoms with van der Waals surface area (Å²) in [4.78, 5) is 14.5. The van der Waals surface area contributed by atoms with E-state index >= 15 is 0 Å². The first kappa shape index (κ1) is 18.4. The van der Waals surface area contributed by atoms with Gasteiger partial charge >= 0.3 is 0 Å². The van der Waals surface area contributed by atoms with Crippen LogP contribution in [0.5, 0.6) is 5.75 Å². The van der Waals surface area contributed by atoms with Crippen LogP contribution in [0.4, 0.5) is 5.82 Å². The van der Waals surface area contributed by atoms with Crippen LogP contribution in [0.1, 0.15) is 24.8 Å². The highest BCUT2D eigenvalue weighted by Crippen LogP contribution is 2.30. The van der Waals surface area contributed by atoms with Crippen molar-refractivity contribution in [1.29, 1.82) is 0 Å². The van der Waals surface area contributed by atoms with Crippen LogP contribution >= 0.6 is 0 Å². The number of rotatable bonds is 7. The van der Waals surface area contributed by atoms with Gasteiger partial charge in [0.25, 0.3) is 0 Å². The Balaban J connectivity index is 1.81. The molecule has 0 amide bonds. The van der Waals surface area contributed by atoms with Gasteiger partial charge in [-0.25, -0.2) is 15.0 Å². The Bertz CT molecular complexity index is 1140. The lowest BCUT2D eigenvalue weighted by Crippen LogP contribution is -2.07. The first-order chi connectivity index (χ1) is 13.7. The number of unbranched alkanes of at least 4 members (excludes halogenated alkanes) is 2. The van der Waals surface area contributed by atoms with Gasteiger partial charge in [0.05, 0.1) is 23.7 Å². The fourth-order valence-corrected chi connectivity index (χ4v) is 3.46. The zero-order valence-corrected chi connectivity index (χ0v) is 16.3. The number of ether oxygens (including phenoxy) is 1. The lowest BCUT2D eigenvalue weighted by molar-refractivity contribution is 0.415. The number of fused-ring (bicyclic) bond motifs is 4. The van der Waals surface area contributed by atoms with Gasteiger partial charge in [0, 0.05) is 18.1 Å². The Morgan fingerprint density at radius 3 is 2.71 bits per heavy atom. The Kier molecular flexibility index (Phi) is 5.21. The zero-order valence-electron chi connectivity index (χ0n) is 16.3. The predicted molar refractivity (Wildman–Crippen MR) is 115 cm³/mol. The summed E-state index contributed by atoms with van der Waals surface area (Å²) >= 11 is 0. The summed E-state index contributed by atoms with van der Waals surface area (Å²) in [6.45, 7) is 3.60. The Morgan fingerprint density at radius 1 is 1.00 bits per heavy atom. The van der Waals surface area contributed by atoms with E-state index in [0.717, 1.165) is 82.3 Å². The van der Waals surface area contributed by atoms with Crippen molar-refractivity contribution < 1.29 is 4.74 Å². The molecule has 2 heterocycles. The van der Waals surface area contributed by atoms with Crippen LogP contribution in [0.2, 0.25) is 0 Å². The zero-order chi connectivity index (χ0) is 19.5. The highest BCUT2D eigenvalue weighted by atomic mass is 16.5. The maximum absolute atomic E-state index is 5.57. The smallest absolute Gasteiger partial charge is 0.154 e. The molecule has 144 valence electrons. The van der Waals surface area contributed by atoms with Gasteiger partial charge in [0.2, 0.25) is 0 Å². The molecular weight excluding hydrogens is 350 g/mol. The topological polar surface area (TPSA) is 86.0 Å². The van der Waals surface area contributed by atoms with Crippen molar-refractivity contribution in [2.24, 2.45) is 5.73 Å². The van der Waals surface area contributed by atoms with E-state index < -0.39 is 0 Å². The van der Waals surface area contributed by atoms with Gasteiger partial charge < -0.3 is 15.8 Å². The molecule has 6 nitrogen and oxygen atoms in total. The van der Waals surface area contributed by atoms with Crippen molar-refractivity contribution in [3.05, 3.63) is 42.1 Å². The molecular formula is C22H25N5O. The van der Waals surface area contributed by atoms with Gasteiger partial charge in [-0.1, -0.05) is 12.5 Å². The molecule has 0 spiro atoms. The molecule has 0 saturated carbocycles. The monoisotopic (exact) mass is 375 g/mol. The molecule has 0 aliphatic carbocycles. The standard InChI is InChI=1S/C22H25N5O/c1-14-13-25-22(24-11-5-3-4-10-23)21-19(14)26-18-9-6-15-12-16(28-2)7-8-17(15)20(18)27-21/h6-9,12-13H,3-5,10-11,23H2,1-2H3,(H,24,25). The van der Waals surface area contributed by atoms with Crippen LogP contribution in [-0.2, 0) is 0 Å². The minimum Gasteiger partial charge on any atom is -0.497 e. The molecule has 0 aliphatic heterocycles. The van der Waals surface area contributed by atoms with Gasteiger partial charge in [-0.05, 0) is 61.5 Å². The number of nitrogens with one attached hydrogen (secondary N) is 1. The number of hydrogen-bond acceptors (Lipinski definition) is 6. The molecule has 0 saturated heterocycles. The van der Waals surface area contributed by atoms with Crippen LogP contribution in [0.15, 0.2) is 36.5 Å². The van der Waals surface area contributed by atoms with Crippen molar-refractivity contribution in [2.75, 3.05) is 25.5 Å². The summed E-state index contributed by atoms with van der Waals surface area (Å²) in [5, 5.41) is 5.57. The van der Waals surface area contributed by atoms with Crippen LogP contribution in [-0.4, -0.2) is 35.2 Å². The fraction of sp³-hybridized carbons (Fsp3) is 0.318. The maximum atomic E-state index is 5.57. The van der Waals surface area contributed by atoms with Crippen LogP contribution in [0.25, 0.3) is 32.8 Å². The number of nitrogens with zero attached hydrogens (tertiary/aromatic N) is 3. The summed E-state index contributed by atoms with van der Waals surface area (Å²) in [5.41, 5.74) is 10.1. The van der Waals surface area contributed by atoms with Crippen molar-refractivity contribution in [1.82, 2.24) is 15.0 Å². The van der Waals surface area contributed by atoms with E-state index in [9.17, 15) is 0 Å². The predicted octanol–water partition coefficient (Wildman–Crippen LogP) is 4.19. The second kappa shape index (κ2) is 7.94. The molecule has 4 rings (SSSR count). The quantitative estimate of drug-likeness (QED) is 0.286. The summed E-state index contributed by atoms with van der Waals surface area (Å²) in [6.07, 6.45) is 5.06. The van der Waals surface area contributed by atoms with Gasteiger partial charge in [0.1, 0.15) is 11.3 Å². The van der Waals surface area contributed by atoms with Crippen LogP contribution < -0.4 is 15.8 Å². The number of aromatic nitrogens is 3. The largest absolute Gasteiger partial charge is 0.497 e. The van der Waals surface area contributed by atoms with Crippen molar-refractivity contribution in [3.63, 3.8) is 0 Å². The highest BCUT2D eigenvalue weighted by molar-refractivity contribution is 6.07. The molecule has 0 bridgehead atoms. The number of methoxy groups -OCH3 is 1. The molecule has 0 atom stereocenters. The normalized spacial score (nSPS) is 11.4. The van der Waals surface area contributed by atoms with Gasteiger partial charge in [-0.3, -0.25) is 0 Å². The van der Waals surface area contributed by atoms with E-state index in [-0.39, 0.29) is 0 Å². The van der Waals surface area contributed by atoms with Gasteiger partial charge in [-0.15, -0.1) is 0 Å². The Labute approximate surface area is 164 Å². The van der Waals surface area contributed by atoms with E-state index in [1.807, 2.05) is 37.4 Å². The van der Waals surface area contributed by atoms with Gasteiger partial charge in [-0.2, -0.15) is 0 Å². The average molecular weight is 375 g/mol. The van der Waals surface area contributed by atoms with Crippen molar-refractivity contribution in [3.8, 4) is 5.75 Å². The van der Waals surface area contributed by atoms with Gasteiger partial charge in [0.15, 0.2) is 5.82 Å². The number of nitrogens with two attached hydrogens (primary N) is 1. The van der Waals surface area contributed by atoms with E-state index in [2.05, 4.69) is 16.4 Å². The third kappa shape index (κ3) is 3.43. The van der Waals surface area contributed by atoms with E-state index in [0.29, 0.717) is 0 Å². The van der Waals surface area contributed by atoms with Crippen molar-refractivity contribution >= 4 is 38.7 Å². The molecule has 2 aromatic heterocycles. The second-order valence-electron chi connectivity index (χ2n) is 7.01. The lowest BCUT2D eigenvalue weighted by Gasteiger charge is -2.11. The molecule has 4 aromatic rings. The summed E-state index contributed by atoms with van der Waals surface area (Å²) in [6, 6.07) is 10.1. The Hall–Kier alpha value is -2.99. The second-order valence-corrected chi connectivity index (χ2v) is 7.01. The lowest BCUT2D eigenvalue weighted by atomic mass is 10.1. The Morgan fingerprint density at radius 2 is 1.89 bits per heavy atom. The van der Waals surface area contributed by atoms with Crippen LogP contribution in [0.3, 0.4) is 0 Å².